The van der Waals surface area contributed by atoms with E-state index in [1.165, 1.54) is 24.4 Å². The highest BCUT2D eigenvalue weighted by Gasteiger charge is 2.19. The molecule has 0 bridgehead atoms. The summed E-state index contributed by atoms with van der Waals surface area (Å²) in [4.78, 5) is 8.70. The van der Waals surface area contributed by atoms with Crippen LogP contribution in [0.2, 0.25) is 0 Å². The molecule has 0 unspecified atom stereocenters. The molecule has 0 atom stereocenters. The Balaban J connectivity index is 1.91. The molecule has 0 radical (unpaired) electrons. The van der Waals surface area contributed by atoms with Gasteiger partial charge in [0.25, 0.3) is 0 Å². The van der Waals surface area contributed by atoms with Gasteiger partial charge in [0.1, 0.15) is 11.6 Å². The van der Waals surface area contributed by atoms with Crippen molar-refractivity contribution in [2.24, 2.45) is 7.05 Å². The lowest BCUT2D eigenvalue weighted by molar-refractivity contribution is 0.628. The van der Waals surface area contributed by atoms with E-state index in [0.717, 1.165) is 0 Å². The van der Waals surface area contributed by atoms with E-state index in [1.807, 2.05) is 6.07 Å². The van der Waals surface area contributed by atoms with Crippen molar-refractivity contribution < 1.29 is 8.78 Å². The van der Waals surface area contributed by atoms with Gasteiger partial charge in [-0.05, 0) is 24.3 Å². The highest BCUT2D eigenvalue weighted by Crippen LogP contribution is 2.35. The predicted octanol–water partition coefficient (Wildman–Crippen LogP) is 3.81. The molecule has 0 aliphatic heterocycles. The largest absolute Gasteiger partial charge is 0.381 e. The van der Waals surface area contributed by atoms with Crippen molar-refractivity contribution in [2.75, 3.05) is 5.73 Å². The Morgan fingerprint density at radius 2 is 1.93 bits per heavy atom. The summed E-state index contributed by atoms with van der Waals surface area (Å²) in [7, 11) is 1.74. The summed E-state index contributed by atoms with van der Waals surface area (Å²) < 4.78 is 32.0. The molecule has 0 saturated heterocycles. The van der Waals surface area contributed by atoms with Crippen molar-refractivity contribution in [3.63, 3.8) is 0 Å². The summed E-state index contributed by atoms with van der Waals surface area (Å²) in [6.07, 6.45) is 4.79. The summed E-state index contributed by atoms with van der Waals surface area (Å²) in [5.41, 5.74) is 9.24. The lowest BCUT2D eigenvalue weighted by atomic mass is 10.0. The lowest BCUT2D eigenvalue weighted by Crippen LogP contribution is -2.04. The van der Waals surface area contributed by atoms with E-state index < -0.39 is 11.6 Å². The van der Waals surface area contributed by atoms with Crippen molar-refractivity contribution in [3.8, 4) is 22.5 Å². The number of nitrogen functional groups attached to an aromatic ring is 1. The number of rotatable bonds is 2. The normalized spacial score (nSPS) is 11.5. The van der Waals surface area contributed by atoms with Gasteiger partial charge in [0, 0.05) is 30.6 Å². The van der Waals surface area contributed by atoms with Gasteiger partial charge in [-0.3, -0.25) is 9.08 Å². The van der Waals surface area contributed by atoms with Crippen molar-refractivity contribution in [3.05, 3.63) is 66.6 Å². The van der Waals surface area contributed by atoms with E-state index in [4.69, 9.17) is 5.73 Å². The molecule has 28 heavy (non-hydrogen) atoms. The minimum absolute atomic E-state index is 0.204. The Bertz CT molecular complexity index is 1370. The third-order valence-corrected chi connectivity index (χ3v) is 4.76. The summed E-state index contributed by atoms with van der Waals surface area (Å²) in [6.45, 7) is 0. The zero-order chi connectivity index (χ0) is 19.4. The molecule has 0 aliphatic carbocycles. The quantitative estimate of drug-likeness (QED) is 0.508. The number of hydrogen-bond donors (Lipinski definition) is 1. The zero-order valence-electron chi connectivity index (χ0n) is 14.8. The van der Waals surface area contributed by atoms with Crippen molar-refractivity contribution in [2.45, 2.75) is 0 Å². The second-order valence-corrected chi connectivity index (χ2v) is 6.48. The highest BCUT2D eigenvalue weighted by molar-refractivity contribution is 5.89. The fourth-order valence-electron chi connectivity index (χ4n) is 3.47. The molecular weight excluding hydrogens is 362 g/mol. The number of benzene rings is 2. The van der Waals surface area contributed by atoms with Gasteiger partial charge in [0.2, 0.25) is 0 Å². The smallest absolute Gasteiger partial charge is 0.180 e. The van der Waals surface area contributed by atoms with Gasteiger partial charge in [-0.1, -0.05) is 12.1 Å². The molecule has 0 fully saturated rings. The van der Waals surface area contributed by atoms with E-state index in [2.05, 4.69) is 15.1 Å². The van der Waals surface area contributed by atoms with Gasteiger partial charge in [-0.25, -0.2) is 18.7 Å². The first-order chi connectivity index (χ1) is 13.5. The maximum absolute atomic E-state index is 14.8. The third-order valence-electron chi connectivity index (χ3n) is 4.76. The van der Waals surface area contributed by atoms with Crippen LogP contribution in [0.1, 0.15) is 0 Å². The molecule has 5 rings (SSSR count). The van der Waals surface area contributed by atoms with E-state index in [1.54, 1.807) is 40.7 Å². The number of nitrogens with two attached hydrogens (primary N) is 1. The molecule has 8 heteroatoms. The van der Waals surface area contributed by atoms with Crippen LogP contribution in [0.25, 0.3) is 39.1 Å². The number of fused-ring (bicyclic) bond motifs is 2. The fourth-order valence-corrected chi connectivity index (χ4v) is 3.47. The topological polar surface area (TPSA) is 74.0 Å². The molecule has 2 aromatic carbocycles. The van der Waals surface area contributed by atoms with Gasteiger partial charge in [-0.2, -0.15) is 5.10 Å². The number of nitrogens with zero attached hydrogens (tertiary/aromatic N) is 5. The molecule has 0 saturated carbocycles. The maximum Gasteiger partial charge on any atom is 0.180 e. The minimum Gasteiger partial charge on any atom is -0.381 e. The van der Waals surface area contributed by atoms with Gasteiger partial charge < -0.3 is 5.73 Å². The van der Waals surface area contributed by atoms with Crippen LogP contribution in [0, 0.1) is 11.6 Å². The Labute approximate surface area is 157 Å². The number of aromatic nitrogens is 5. The zero-order valence-corrected chi connectivity index (χ0v) is 14.8. The predicted molar refractivity (Wildman–Crippen MR) is 102 cm³/mol. The molecule has 0 spiro atoms. The number of anilines is 1. The molecule has 2 N–H and O–H groups in total. The van der Waals surface area contributed by atoms with Crippen LogP contribution in [0.15, 0.2) is 55.0 Å². The molecule has 0 aliphatic rings. The van der Waals surface area contributed by atoms with Crippen molar-refractivity contribution in [1.82, 2.24) is 24.1 Å². The minimum atomic E-state index is -0.407. The number of hydrogen-bond acceptors (Lipinski definition) is 4. The van der Waals surface area contributed by atoms with E-state index in [0.29, 0.717) is 39.1 Å². The van der Waals surface area contributed by atoms with Crippen LogP contribution >= 0.6 is 0 Å². The third kappa shape index (κ3) is 2.34. The molecule has 5 aromatic rings. The summed E-state index contributed by atoms with van der Waals surface area (Å²) >= 11 is 0. The van der Waals surface area contributed by atoms with Crippen molar-refractivity contribution >= 4 is 22.4 Å². The van der Waals surface area contributed by atoms with Crippen LogP contribution in [-0.2, 0) is 7.05 Å². The Morgan fingerprint density at radius 3 is 2.75 bits per heavy atom. The van der Waals surface area contributed by atoms with Crippen LogP contribution in [0.3, 0.4) is 0 Å². The fraction of sp³-hybridized carbons (Fsp3) is 0.0500. The number of aryl methyl sites for hydroxylation is 1. The van der Waals surface area contributed by atoms with E-state index >= 15 is 0 Å². The Kier molecular flexibility index (Phi) is 3.42. The van der Waals surface area contributed by atoms with Crippen LogP contribution < -0.4 is 5.73 Å². The second kappa shape index (κ2) is 5.85. The molecule has 3 heterocycles. The molecule has 138 valence electrons. The monoisotopic (exact) mass is 376 g/mol. The second-order valence-electron chi connectivity index (χ2n) is 6.48. The van der Waals surface area contributed by atoms with Crippen LogP contribution in [-0.4, -0.2) is 24.1 Å². The van der Waals surface area contributed by atoms with Crippen molar-refractivity contribution in [1.29, 1.82) is 0 Å². The number of halogens is 2. The van der Waals surface area contributed by atoms with Gasteiger partial charge in [-0.15, -0.1) is 0 Å². The summed E-state index contributed by atoms with van der Waals surface area (Å²) in [5, 5.41) is 4.54. The Hall–Kier alpha value is -3.81. The summed E-state index contributed by atoms with van der Waals surface area (Å²) in [5.74, 6) is -0.603. The summed E-state index contributed by atoms with van der Waals surface area (Å²) in [6, 6.07) is 9.28. The standard InChI is InChI=1S/C20H14F2N6/c1-27-16-9-12(8-15(22)14(16)10-25-27)18-17(11-3-2-4-13(21)7-11)26-19(23)20-24-5-6-28(18)20/h2-10H,1H3,(H2,23,26). The molecular formula is C20H14F2N6. The van der Waals surface area contributed by atoms with E-state index in [9.17, 15) is 8.78 Å². The van der Waals surface area contributed by atoms with Gasteiger partial charge in [0.15, 0.2) is 11.5 Å². The van der Waals surface area contributed by atoms with Crippen LogP contribution in [0.5, 0.6) is 0 Å². The lowest BCUT2D eigenvalue weighted by Gasteiger charge is -2.14. The average molecular weight is 376 g/mol. The maximum atomic E-state index is 14.8. The number of imidazole rings is 1. The van der Waals surface area contributed by atoms with Crippen LogP contribution in [0.4, 0.5) is 14.6 Å². The highest BCUT2D eigenvalue weighted by atomic mass is 19.1. The van der Waals surface area contributed by atoms with Gasteiger partial charge >= 0.3 is 0 Å². The first-order valence-corrected chi connectivity index (χ1v) is 8.53. The molecule has 0 amide bonds. The Morgan fingerprint density at radius 1 is 1.07 bits per heavy atom. The first-order valence-electron chi connectivity index (χ1n) is 8.53. The first kappa shape index (κ1) is 16.4. The molecule has 6 nitrogen and oxygen atoms in total. The van der Waals surface area contributed by atoms with E-state index in [-0.39, 0.29) is 5.82 Å². The average Bonchev–Trinajstić information content (AvgIpc) is 3.30. The SMILES string of the molecule is Cn1ncc2c(F)cc(-c3c(-c4cccc(F)c4)nc(N)c4nccn34)cc21. The van der Waals surface area contributed by atoms with Gasteiger partial charge in [0.05, 0.1) is 28.5 Å². The molecule has 3 aromatic heterocycles.